The number of aromatic nitrogens is 1. The molecule has 2 heteroatoms. The second-order valence-corrected chi connectivity index (χ2v) is 4.42. The highest BCUT2D eigenvalue weighted by Gasteiger charge is 2.04. The average molecular weight is 247 g/mol. The fourth-order valence-electron chi connectivity index (χ4n) is 2.16. The summed E-state index contributed by atoms with van der Waals surface area (Å²) in [5.41, 5.74) is 3.66. The van der Waals surface area contributed by atoms with Crippen LogP contribution in [0.3, 0.4) is 0 Å². The predicted octanol–water partition coefficient (Wildman–Crippen LogP) is 3.84. The van der Waals surface area contributed by atoms with Gasteiger partial charge in [-0.25, -0.2) is 0 Å². The third-order valence-corrected chi connectivity index (χ3v) is 3.17. The van der Waals surface area contributed by atoms with E-state index in [2.05, 4.69) is 11.6 Å². The summed E-state index contributed by atoms with van der Waals surface area (Å²) in [5, 5.41) is 0.692. The van der Waals surface area contributed by atoms with Crippen LogP contribution in [-0.4, -0.2) is 4.98 Å². The minimum atomic E-state index is 0.0244. The van der Waals surface area contributed by atoms with Crippen molar-refractivity contribution in [2.45, 2.75) is 0 Å². The summed E-state index contributed by atoms with van der Waals surface area (Å²) in [6.07, 6.45) is 1.74. The summed E-state index contributed by atoms with van der Waals surface area (Å²) >= 11 is 0. The topological polar surface area (TPSA) is 32.9 Å². The molecule has 0 amide bonds. The van der Waals surface area contributed by atoms with E-state index in [4.69, 9.17) is 0 Å². The van der Waals surface area contributed by atoms with E-state index in [0.29, 0.717) is 5.39 Å². The quantitative estimate of drug-likeness (QED) is 0.733. The number of H-pyrrole nitrogens is 1. The molecule has 0 saturated heterocycles. The van der Waals surface area contributed by atoms with E-state index in [9.17, 15) is 4.79 Å². The van der Waals surface area contributed by atoms with Crippen LogP contribution in [0.5, 0.6) is 0 Å². The van der Waals surface area contributed by atoms with Crippen LogP contribution in [0.1, 0.15) is 5.56 Å². The summed E-state index contributed by atoms with van der Waals surface area (Å²) in [6.45, 7) is 3.72. The van der Waals surface area contributed by atoms with E-state index in [1.54, 1.807) is 12.1 Å². The molecule has 0 radical (unpaired) electrons. The van der Waals surface area contributed by atoms with E-state index in [1.807, 2.05) is 48.5 Å². The first-order valence-corrected chi connectivity index (χ1v) is 6.13. The zero-order valence-electron chi connectivity index (χ0n) is 10.4. The minimum Gasteiger partial charge on any atom is -0.354 e. The lowest BCUT2D eigenvalue weighted by atomic mass is 10.1. The Hall–Kier alpha value is -2.61. The van der Waals surface area contributed by atoms with Gasteiger partial charge in [0.2, 0.25) is 0 Å². The molecule has 3 rings (SSSR count). The monoisotopic (exact) mass is 247 g/mol. The molecule has 2 aromatic carbocycles. The molecule has 0 spiro atoms. The molecule has 0 fully saturated rings. The van der Waals surface area contributed by atoms with Crippen molar-refractivity contribution in [2.75, 3.05) is 0 Å². The van der Waals surface area contributed by atoms with Gasteiger partial charge in [0, 0.05) is 22.7 Å². The van der Waals surface area contributed by atoms with Gasteiger partial charge in [-0.1, -0.05) is 49.1 Å². The second-order valence-electron chi connectivity index (χ2n) is 4.42. The summed E-state index contributed by atoms with van der Waals surface area (Å²) in [6, 6.07) is 17.2. The van der Waals surface area contributed by atoms with Crippen LogP contribution in [0.2, 0.25) is 0 Å². The summed E-state index contributed by atoms with van der Waals surface area (Å²) in [4.78, 5) is 15.5. The Morgan fingerprint density at radius 1 is 1.00 bits per heavy atom. The zero-order chi connectivity index (χ0) is 13.2. The maximum atomic E-state index is 12.2. The Bertz CT molecular complexity index is 800. The van der Waals surface area contributed by atoms with Crippen LogP contribution in [-0.2, 0) is 0 Å². The van der Waals surface area contributed by atoms with Crippen LogP contribution in [0.4, 0.5) is 0 Å². The maximum Gasteiger partial charge on any atom is 0.190 e. The Morgan fingerprint density at radius 3 is 2.53 bits per heavy atom. The van der Waals surface area contributed by atoms with Crippen molar-refractivity contribution in [2.24, 2.45) is 0 Å². The molecule has 92 valence electrons. The van der Waals surface area contributed by atoms with Crippen molar-refractivity contribution >= 4 is 17.0 Å². The van der Waals surface area contributed by atoms with Crippen molar-refractivity contribution in [1.82, 2.24) is 4.98 Å². The molecule has 0 aliphatic heterocycles. The van der Waals surface area contributed by atoms with Gasteiger partial charge in [-0.15, -0.1) is 0 Å². The first-order chi connectivity index (χ1) is 9.28. The Labute approximate surface area is 111 Å². The summed E-state index contributed by atoms with van der Waals surface area (Å²) < 4.78 is 0. The SMILES string of the molecule is C=Cc1ccc2[nH]c(-c3ccccc3)cc(=O)c2c1. The molecule has 0 unspecified atom stereocenters. The smallest absolute Gasteiger partial charge is 0.190 e. The molecule has 1 heterocycles. The Balaban J connectivity index is 2.26. The number of hydrogen-bond donors (Lipinski definition) is 1. The molecule has 19 heavy (non-hydrogen) atoms. The molecule has 0 aliphatic rings. The highest BCUT2D eigenvalue weighted by molar-refractivity contribution is 5.83. The van der Waals surface area contributed by atoms with Crippen molar-refractivity contribution in [3.05, 3.63) is 77.0 Å². The van der Waals surface area contributed by atoms with Gasteiger partial charge < -0.3 is 4.98 Å². The van der Waals surface area contributed by atoms with Crippen LogP contribution in [0.15, 0.2) is 66.0 Å². The van der Waals surface area contributed by atoms with Gasteiger partial charge in [0.25, 0.3) is 0 Å². The molecule has 2 nitrogen and oxygen atoms in total. The normalized spacial score (nSPS) is 10.5. The molecule has 0 aliphatic carbocycles. The van der Waals surface area contributed by atoms with Crippen molar-refractivity contribution < 1.29 is 0 Å². The minimum absolute atomic E-state index is 0.0244. The van der Waals surface area contributed by atoms with Crippen LogP contribution in [0.25, 0.3) is 28.2 Å². The first-order valence-electron chi connectivity index (χ1n) is 6.13. The zero-order valence-corrected chi connectivity index (χ0v) is 10.4. The van der Waals surface area contributed by atoms with Gasteiger partial charge >= 0.3 is 0 Å². The summed E-state index contributed by atoms with van der Waals surface area (Å²) in [5.74, 6) is 0. The Kier molecular flexibility index (Phi) is 2.76. The largest absolute Gasteiger partial charge is 0.354 e. The lowest BCUT2D eigenvalue weighted by molar-refractivity contribution is 1.38. The van der Waals surface area contributed by atoms with E-state index >= 15 is 0 Å². The van der Waals surface area contributed by atoms with Crippen molar-refractivity contribution in [1.29, 1.82) is 0 Å². The van der Waals surface area contributed by atoms with E-state index < -0.39 is 0 Å². The first kappa shape index (κ1) is 11.5. The Morgan fingerprint density at radius 2 is 1.79 bits per heavy atom. The highest BCUT2D eigenvalue weighted by atomic mass is 16.1. The third-order valence-electron chi connectivity index (χ3n) is 3.17. The highest BCUT2D eigenvalue weighted by Crippen LogP contribution is 2.19. The standard InChI is InChI=1S/C17H13NO/c1-2-12-8-9-15-14(10-12)17(19)11-16(18-15)13-6-4-3-5-7-13/h2-11H,1H2,(H,18,19). The fourth-order valence-corrected chi connectivity index (χ4v) is 2.16. The molecule has 3 aromatic rings. The number of rotatable bonds is 2. The van der Waals surface area contributed by atoms with Crippen LogP contribution in [0, 0.1) is 0 Å². The molecule has 0 saturated carbocycles. The second kappa shape index (κ2) is 4.58. The fraction of sp³-hybridized carbons (Fsp3) is 0. The maximum absolute atomic E-state index is 12.2. The van der Waals surface area contributed by atoms with Gasteiger partial charge in [0.05, 0.1) is 0 Å². The number of aromatic amines is 1. The molecular formula is C17H13NO. The number of benzene rings is 2. The van der Waals surface area contributed by atoms with Gasteiger partial charge in [-0.2, -0.15) is 0 Å². The number of nitrogens with one attached hydrogen (secondary N) is 1. The molecule has 0 bridgehead atoms. The third kappa shape index (κ3) is 2.08. The molecule has 1 N–H and O–H groups in total. The van der Waals surface area contributed by atoms with E-state index in [-0.39, 0.29) is 5.43 Å². The van der Waals surface area contributed by atoms with Gasteiger partial charge in [0.15, 0.2) is 5.43 Å². The number of fused-ring (bicyclic) bond motifs is 1. The predicted molar refractivity (Wildman–Crippen MR) is 80.1 cm³/mol. The molecule has 1 aromatic heterocycles. The molecular weight excluding hydrogens is 234 g/mol. The summed E-state index contributed by atoms with van der Waals surface area (Å²) in [7, 11) is 0. The lowest BCUT2D eigenvalue weighted by Gasteiger charge is -2.05. The van der Waals surface area contributed by atoms with Crippen molar-refractivity contribution in [3.8, 4) is 11.3 Å². The number of hydrogen-bond acceptors (Lipinski definition) is 1. The van der Waals surface area contributed by atoms with E-state index in [0.717, 1.165) is 22.3 Å². The average Bonchev–Trinajstić information content (AvgIpc) is 2.48. The number of pyridine rings is 1. The molecule has 0 atom stereocenters. The van der Waals surface area contributed by atoms with Gasteiger partial charge in [-0.05, 0) is 23.3 Å². The van der Waals surface area contributed by atoms with Crippen LogP contribution >= 0.6 is 0 Å². The lowest BCUT2D eigenvalue weighted by Crippen LogP contribution is -2.03. The van der Waals surface area contributed by atoms with Gasteiger partial charge in [-0.3, -0.25) is 4.79 Å². The van der Waals surface area contributed by atoms with Crippen LogP contribution < -0.4 is 5.43 Å². The van der Waals surface area contributed by atoms with Gasteiger partial charge in [0.1, 0.15) is 0 Å². The van der Waals surface area contributed by atoms with Crippen molar-refractivity contribution in [3.63, 3.8) is 0 Å². The van der Waals surface area contributed by atoms with E-state index in [1.165, 1.54) is 0 Å².